The number of aromatic amines is 1. The molecule has 4 aromatic carbocycles. The van der Waals surface area contributed by atoms with Crippen molar-refractivity contribution in [1.82, 2.24) is 15.3 Å². The summed E-state index contributed by atoms with van der Waals surface area (Å²) in [5, 5.41) is 5.57. The molecule has 0 fully saturated rings. The molecule has 3 heterocycles. The SMILES string of the molecule is O=C(C=Cc1ccc2c(c1)[nH]c1ccncc12)NCCOCCOCCOCCOc1ccc(C(=O)N2c3ccccc3Sc3ccc(Cl)cc32)cc1. The zero-order valence-corrected chi connectivity index (χ0v) is 30.3. The predicted octanol–water partition coefficient (Wildman–Crippen LogP) is 8.07. The van der Waals surface area contributed by atoms with Crippen molar-refractivity contribution in [3.05, 3.63) is 126 Å². The second-order valence-corrected chi connectivity index (χ2v) is 13.5. The van der Waals surface area contributed by atoms with Crippen LogP contribution in [0.4, 0.5) is 11.4 Å². The summed E-state index contributed by atoms with van der Waals surface area (Å²) in [7, 11) is 0. The fraction of sp³-hybridized carbons (Fsp3) is 0.195. The molecule has 0 spiro atoms. The number of carbonyl (C=O) groups excluding carboxylic acids is 2. The fourth-order valence-corrected chi connectivity index (χ4v) is 7.08. The number of H-pyrrole nitrogens is 1. The van der Waals surface area contributed by atoms with Crippen LogP contribution in [0.1, 0.15) is 15.9 Å². The van der Waals surface area contributed by atoms with Crippen LogP contribution in [0.15, 0.2) is 119 Å². The highest BCUT2D eigenvalue weighted by Gasteiger charge is 2.29. The minimum atomic E-state index is -0.185. The average Bonchev–Trinajstić information content (AvgIpc) is 3.56. The Morgan fingerprint density at radius 2 is 1.53 bits per heavy atom. The number of hydrogen-bond acceptors (Lipinski definition) is 8. The molecule has 2 aromatic heterocycles. The van der Waals surface area contributed by atoms with E-state index in [1.165, 1.54) is 6.08 Å². The van der Waals surface area contributed by atoms with Gasteiger partial charge >= 0.3 is 0 Å². The molecule has 0 saturated heterocycles. The van der Waals surface area contributed by atoms with Gasteiger partial charge in [-0.3, -0.25) is 19.5 Å². The van der Waals surface area contributed by atoms with Crippen LogP contribution in [0, 0.1) is 0 Å². The molecule has 1 aliphatic heterocycles. The standard InChI is InChI=1S/C41H37ClN4O6S/c42-30-9-13-39-37(26-30)46(36-3-1-2-4-38(36)53-39)41(48)29-7-10-31(11-8-29)52-24-23-51-22-21-50-20-19-49-18-17-44-40(47)14-6-28-5-12-32-33-27-43-16-15-34(33)45-35(32)25-28/h1-16,25-27,45H,17-24H2,(H,44,47). The quantitative estimate of drug-likeness (QED) is 0.0755. The Labute approximate surface area is 316 Å². The van der Waals surface area contributed by atoms with E-state index in [1.54, 1.807) is 53.2 Å². The monoisotopic (exact) mass is 748 g/mol. The van der Waals surface area contributed by atoms with E-state index in [4.69, 9.17) is 30.5 Å². The summed E-state index contributed by atoms with van der Waals surface area (Å²) < 4.78 is 22.5. The van der Waals surface area contributed by atoms with E-state index in [0.29, 0.717) is 69.1 Å². The number of halogens is 1. The number of ether oxygens (including phenoxy) is 4. The fourth-order valence-electron chi connectivity index (χ4n) is 5.87. The van der Waals surface area contributed by atoms with Crippen LogP contribution in [0.5, 0.6) is 5.75 Å². The van der Waals surface area contributed by atoms with E-state index in [9.17, 15) is 9.59 Å². The van der Waals surface area contributed by atoms with E-state index in [-0.39, 0.29) is 11.8 Å². The Morgan fingerprint density at radius 3 is 2.36 bits per heavy atom. The number of nitrogens with one attached hydrogen (secondary N) is 2. The number of rotatable bonds is 16. The number of hydrogen-bond donors (Lipinski definition) is 2. The molecule has 7 rings (SSSR count). The summed E-state index contributed by atoms with van der Waals surface area (Å²) in [4.78, 5) is 37.2. The Bertz CT molecular complexity index is 2240. The number of amides is 2. The molecular formula is C41H37ClN4O6S. The molecule has 0 aliphatic carbocycles. The summed E-state index contributed by atoms with van der Waals surface area (Å²) in [6, 6.07) is 28.5. The summed E-state index contributed by atoms with van der Waals surface area (Å²) in [6.45, 7) is 3.22. The normalized spacial score (nSPS) is 12.3. The third kappa shape index (κ3) is 9.08. The van der Waals surface area contributed by atoms with Gasteiger partial charge < -0.3 is 29.2 Å². The first-order valence-corrected chi connectivity index (χ1v) is 18.4. The number of fused-ring (bicyclic) bond motifs is 5. The van der Waals surface area contributed by atoms with Crippen molar-refractivity contribution in [2.45, 2.75) is 9.79 Å². The van der Waals surface area contributed by atoms with Gasteiger partial charge in [-0.1, -0.05) is 47.6 Å². The van der Waals surface area contributed by atoms with Crippen molar-refractivity contribution >= 4 is 74.4 Å². The van der Waals surface area contributed by atoms with Crippen LogP contribution >= 0.6 is 23.4 Å². The molecule has 270 valence electrons. The Hall–Kier alpha value is -5.17. The lowest BCUT2D eigenvalue weighted by atomic mass is 10.1. The van der Waals surface area contributed by atoms with Crippen LogP contribution < -0.4 is 15.0 Å². The topological polar surface area (TPSA) is 115 Å². The lowest BCUT2D eigenvalue weighted by Gasteiger charge is -2.31. The molecule has 53 heavy (non-hydrogen) atoms. The summed E-state index contributed by atoms with van der Waals surface area (Å²) in [6.07, 6.45) is 6.91. The first-order valence-electron chi connectivity index (χ1n) is 17.2. The van der Waals surface area contributed by atoms with Crippen molar-refractivity contribution in [2.75, 3.05) is 57.7 Å². The van der Waals surface area contributed by atoms with Gasteiger partial charge in [-0.2, -0.15) is 0 Å². The molecule has 1 aliphatic rings. The van der Waals surface area contributed by atoms with Gasteiger partial charge in [0.1, 0.15) is 12.4 Å². The largest absolute Gasteiger partial charge is 0.491 e. The van der Waals surface area contributed by atoms with Crippen LogP contribution in [0.3, 0.4) is 0 Å². The molecule has 10 nitrogen and oxygen atoms in total. The lowest BCUT2D eigenvalue weighted by molar-refractivity contribution is -0.116. The van der Waals surface area contributed by atoms with Gasteiger partial charge in [0.25, 0.3) is 5.91 Å². The molecule has 0 radical (unpaired) electrons. The molecule has 0 atom stereocenters. The minimum Gasteiger partial charge on any atom is -0.491 e. The maximum atomic E-state index is 13.7. The maximum absolute atomic E-state index is 13.7. The summed E-state index contributed by atoms with van der Waals surface area (Å²) in [5.41, 5.74) is 5.08. The molecular weight excluding hydrogens is 712 g/mol. The van der Waals surface area contributed by atoms with Gasteiger partial charge in [-0.25, -0.2) is 0 Å². The Morgan fingerprint density at radius 1 is 0.774 bits per heavy atom. The van der Waals surface area contributed by atoms with Crippen LogP contribution in [-0.4, -0.2) is 74.6 Å². The highest BCUT2D eigenvalue weighted by Crippen LogP contribution is 2.49. The minimum absolute atomic E-state index is 0.147. The van der Waals surface area contributed by atoms with Gasteiger partial charge in [0.15, 0.2) is 0 Å². The van der Waals surface area contributed by atoms with Crippen molar-refractivity contribution in [3.63, 3.8) is 0 Å². The smallest absolute Gasteiger partial charge is 0.262 e. The number of pyridine rings is 1. The number of carbonyl (C=O) groups is 2. The number of benzene rings is 4. The number of anilines is 2. The molecule has 0 unspecified atom stereocenters. The second-order valence-electron chi connectivity index (χ2n) is 12.0. The lowest BCUT2D eigenvalue weighted by Crippen LogP contribution is -2.28. The molecule has 2 amide bonds. The van der Waals surface area contributed by atoms with Crippen LogP contribution in [-0.2, 0) is 19.0 Å². The van der Waals surface area contributed by atoms with Gasteiger partial charge in [-0.05, 0) is 78.4 Å². The first kappa shape index (κ1) is 36.2. The molecule has 0 saturated carbocycles. The number of nitrogens with zero attached hydrogens (tertiary/aromatic N) is 2. The molecule has 0 bridgehead atoms. The maximum Gasteiger partial charge on any atom is 0.262 e. The van der Waals surface area contributed by atoms with Gasteiger partial charge in [0, 0.05) is 67.2 Å². The van der Waals surface area contributed by atoms with Crippen molar-refractivity contribution < 1.29 is 28.5 Å². The molecule has 6 aromatic rings. The zero-order valence-electron chi connectivity index (χ0n) is 28.8. The van der Waals surface area contributed by atoms with Gasteiger partial charge in [-0.15, -0.1) is 0 Å². The highest BCUT2D eigenvalue weighted by molar-refractivity contribution is 7.99. The molecule has 2 N–H and O–H groups in total. The Balaban J connectivity index is 0.732. The summed E-state index contributed by atoms with van der Waals surface area (Å²) in [5.74, 6) is 0.312. The van der Waals surface area contributed by atoms with E-state index >= 15 is 0 Å². The average molecular weight is 749 g/mol. The zero-order chi connectivity index (χ0) is 36.4. The Kier molecular flexibility index (Phi) is 12.0. The van der Waals surface area contributed by atoms with Gasteiger partial charge in [0.05, 0.1) is 51.0 Å². The summed E-state index contributed by atoms with van der Waals surface area (Å²) >= 11 is 7.93. The molecule has 12 heteroatoms. The van der Waals surface area contributed by atoms with Crippen molar-refractivity contribution in [2.24, 2.45) is 0 Å². The number of aromatic nitrogens is 2. The van der Waals surface area contributed by atoms with Gasteiger partial charge in [0.2, 0.25) is 5.91 Å². The van der Waals surface area contributed by atoms with E-state index in [1.807, 2.05) is 72.9 Å². The predicted molar refractivity (Wildman–Crippen MR) is 209 cm³/mol. The van der Waals surface area contributed by atoms with Crippen molar-refractivity contribution in [3.8, 4) is 5.75 Å². The van der Waals surface area contributed by atoms with Crippen LogP contribution in [0.25, 0.3) is 27.9 Å². The number of para-hydroxylation sites is 1. The van der Waals surface area contributed by atoms with E-state index in [2.05, 4.69) is 15.3 Å². The van der Waals surface area contributed by atoms with Crippen molar-refractivity contribution in [1.29, 1.82) is 0 Å². The third-order valence-electron chi connectivity index (χ3n) is 8.43. The van der Waals surface area contributed by atoms with E-state index in [0.717, 1.165) is 48.5 Å². The first-order chi connectivity index (χ1) is 26.0. The second kappa shape index (κ2) is 17.6. The highest BCUT2D eigenvalue weighted by atomic mass is 35.5. The van der Waals surface area contributed by atoms with E-state index < -0.39 is 0 Å². The van der Waals surface area contributed by atoms with Crippen LogP contribution in [0.2, 0.25) is 5.02 Å². The third-order valence-corrected chi connectivity index (χ3v) is 9.80.